The van der Waals surface area contributed by atoms with Crippen molar-refractivity contribution in [1.29, 1.82) is 0 Å². The minimum Gasteiger partial charge on any atom is -0.294 e. The molecule has 118 valence electrons. The van der Waals surface area contributed by atoms with Crippen LogP contribution in [0.15, 0.2) is 97.2 Å². The van der Waals surface area contributed by atoms with E-state index in [1.54, 1.807) is 0 Å². The van der Waals surface area contributed by atoms with Crippen molar-refractivity contribution in [1.82, 2.24) is 9.55 Å². The topological polar surface area (TPSA) is 17.8 Å². The number of rotatable bonds is 2. The molecule has 0 aliphatic carbocycles. The smallest absolute Gasteiger partial charge is 0.137 e. The molecular formula is C23H16N2. The molecule has 0 aliphatic rings. The van der Waals surface area contributed by atoms with Crippen LogP contribution in [0.5, 0.6) is 0 Å². The van der Waals surface area contributed by atoms with Crippen LogP contribution in [0.1, 0.15) is 0 Å². The average molecular weight is 320 g/mol. The molecule has 0 bridgehead atoms. The van der Waals surface area contributed by atoms with Gasteiger partial charge in [-0.2, -0.15) is 0 Å². The summed E-state index contributed by atoms with van der Waals surface area (Å²) >= 11 is 0. The lowest BCUT2D eigenvalue weighted by Gasteiger charge is -2.12. The minimum atomic E-state index is 0.937. The van der Waals surface area contributed by atoms with Crippen LogP contribution in [-0.2, 0) is 0 Å². The first-order valence-electron chi connectivity index (χ1n) is 8.42. The van der Waals surface area contributed by atoms with Crippen LogP contribution in [0, 0.1) is 0 Å². The van der Waals surface area contributed by atoms with Crippen LogP contribution in [0.2, 0.25) is 0 Å². The lowest BCUT2D eigenvalue weighted by molar-refractivity contribution is 1.05. The van der Waals surface area contributed by atoms with Gasteiger partial charge in [0.05, 0.1) is 11.2 Å². The zero-order valence-electron chi connectivity index (χ0n) is 13.6. The van der Waals surface area contributed by atoms with Crippen LogP contribution in [0.4, 0.5) is 0 Å². The summed E-state index contributed by atoms with van der Waals surface area (Å²) in [5, 5.41) is 3.72. The molecule has 2 nitrogen and oxygen atoms in total. The number of nitrogens with zero attached hydrogens (tertiary/aromatic N) is 2. The molecule has 25 heavy (non-hydrogen) atoms. The van der Waals surface area contributed by atoms with E-state index in [4.69, 9.17) is 0 Å². The maximum Gasteiger partial charge on any atom is 0.137 e. The van der Waals surface area contributed by atoms with Gasteiger partial charge in [-0.25, -0.2) is 4.98 Å². The quantitative estimate of drug-likeness (QED) is 0.399. The molecule has 0 aliphatic heterocycles. The molecule has 0 fully saturated rings. The van der Waals surface area contributed by atoms with Crippen LogP contribution >= 0.6 is 0 Å². The molecule has 5 aromatic rings. The summed E-state index contributed by atoms with van der Waals surface area (Å²) in [5.74, 6) is 0.937. The molecule has 0 spiro atoms. The minimum absolute atomic E-state index is 0.937. The van der Waals surface area contributed by atoms with Gasteiger partial charge in [0.2, 0.25) is 0 Å². The van der Waals surface area contributed by atoms with Crippen molar-refractivity contribution in [3.05, 3.63) is 97.2 Å². The summed E-state index contributed by atoms with van der Waals surface area (Å²) in [4.78, 5) is 4.60. The largest absolute Gasteiger partial charge is 0.294 e. The van der Waals surface area contributed by atoms with Gasteiger partial charge in [0.15, 0.2) is 0 Å². The summed E-state index contributed by atoms with van der Waals surface area (Å²) < 4.78 is 2.25. The van der Waals surface area contributed by atoms with E-state index in [1.807, 2.05) is 18.3 Å². The van der Waals surface area contributed by atoms with Gasteiger partial charge in [0.25, 0.3) is 0 Å². The van der Waals surface area contributed by atoms with Crippen molar-refractivity contribution in [3.63, 3.8) is 0 Å². The van der Waals surface area contributed by atoms with Crippen molar-refractivity contribution in [2.75, 3.05) is 0 Å². The van der Waals surface area contributed by atoms with Gasteiger partial charge in [-0.05, 0) is 35.0 Å². The Morgan fingerprint density at radius 2 is 1.40 bits per heavy atom. The van der Waals surface area contributed by atoms with E-state index in [9.17, 15) is 0 Å². The molecule has 2 aromatic heterocycles. The average Bonchev–Trinajstić information content (AvgIpc) is 3.07. The first-order valence-corrected chi connectivity index (χ1v) is 8.42. The van der Waals surface area contributed by atoms with Gasteiger partial charge in [-0.1, -0.05) is 66.7 Å². The van der Waals surface area contributed by atoms with Gasteiger partial charge >= 0.3 is 0 Å². The van der Waals surface area contributed by atoms with Crippen LogP contribution < -0.4 is 0 Å². The Morgan fingerprint density at radius 1 is 0.640 bits per heavy atom. The lowest BCUT2D eigenvalue weighted by Crippen LogP contribution is -1.99. The SMILES string of the molecule is c1ccc(-n2c(-c3cccc4ccccc34)cc3ccccc32)nc1. The van der Waals surface area contributed by atoms with Crippen molar-refractivity contribution in [2.45, 2.75) is 0 Å². The number of para-hydroxylation sites is 1. The molecule has 0 saturated heterocycles. The predicted octanol–water partition coefficient (Wildman–Crippen LogP) is 5.85. The molecule has 2 heteroatoms. The summed E-state index contributed by atoms with van der Waals surface area (Å²) in [7, 11) is 0. The molecule has 0 amide bonds. The number of benzene rings is 3. The number of fused-ring (bicyclic) bond motifs is 2. The van der Waals surface area contributed by atoms with Crippen molar-refractivity contribution in [2.24, 2.45) is 0 Å². The third kappa shape index (κ3) is 2.23. The molecular weight excluding hydrogens is 304 g/mol. The molecule has 0 atom stereocenters. The maximum absolute atomic E-state index is 4.60. The van der Waals surface area contributed by atoms with Gasteiger partial charge in [-0.15, -0.1) is 0 Å². The highest BCUT2D eigenvalue weighted by Crippen LogP contribution is 2.34. The first-order chi connectivity index (χ1) is 12.4. The highest BCUT2D eigenvalue weighted by atomic mass is 15.1. The maximum atomic E-state index is 4.60. The second kappa shape index (κ2) is 5.60. The fourth-order valence-electron chi connectivity index (χ4n) is 3.53. The first kappa shape index (κ1) is 14.0. The fourth-order valence-corrected chi connectivity index (χ4v) is 3.53. The number of aromatic nitrogens is 2. The number of hydrogen-bond acceptors (Lipinski definition) is 1. The fraction of sp³-hybridized carbons (Fsp3) is 0. The van der Waals surface area contributed by atoms with Crippen molar-refractivity contribution >= 4 is 21.7 Å². The van der Waals surface area contributed by atoms with E-state index in [1.165, 1.54) is 27.2 Å². The van der Waals surface area contributed by atoms with E-state index in [0.29, 0.717) is 0 Å². The molecule has 0 saturated carbocycles. The monoisotopic (exact) mass is 320 g/mol. The zero-order valence-corrected chi connectivity index (χ0v) is 13.6. The second-order valence-corrected chi connectivity index (χ2v) is 6.14. The van der Waals surface area contributed by atoms with E-state index >= 15 is 0 Å². The summed E-state index contributed by atoms with van der Waals surface area (Å²) in [5.41, 5.74) is 3.56. The Morgan fingerprint density at radius 3 is 2.28 bits per heavy atom. The van der Waals surface area contributed by atoms with Crippen molar-refractivity contribution in [3.8, 4) is 17.1 Å². The van der Waals surface area contributed by atoms with Crippen molar-refractivity contribution < 1.29 is 0 Å². The third-order valence-corrected chi connectivity index (χ3v) is 4.65. The molecule has 0 radical (unpaired) electrons. The Balaban J connectivity index is 1.91. The molecule has 5 rings (SSSR count). The Hall–Kier alpha value is -3.39. The number of hydrogen-bond donors (Lipinski definition) is 0. The van der Waals surface area contributed by atoms with E-state index < -0.39 is 0 Å². The zero-order chi connectivity index (χ0) is 16.6. The van der Waals surface area contributed by atoms with E-state index in [2.05, 4.69) is 88.4 Å². The van der Waals surface area contributed by atoms with Gasteiger partial charge in [0, 0.05) is 17.1 Å². The number of pyridine rings is 1. The van der Waals surface area contributed by atoms with E-state index in [0.717, 1.165) is 11.5 Å². The molecule has 0 N–H and O–H groups in total. The lowest BCUT2D eigenvalue weighted by atomic mass is 10.0. The Kier molecular flexibility index (Phi) is 3.14. The van der Waals surface area contributed by atoms with Crippen LogP contribution in [-0.4, -0.2) is 9.55 Å². The Labute approximate surface area is 146 Å². The van der Waals surface area contributed by atoms with E-state index in [-0.39, 0.29) is 0 Å². The standard InChI is InChI=1S/C23H16N2/c1-3-11-19-17(8-1)10-7-12-20(19)22-16-18-9-2-4-13-21(18)25(22)23-14-5-6-15-24-23/h1-16H. The molecule has 3 aromatic carbocycles. The van der Waals surface area contributed by atoms with Gasteiger partial charge in [-0.3, -0.25) is 4.57 Å². The summed E-state index contributed by atoms with van der Waals surface area (Å²) in [6, 6.07) is 31.8. The second-order valence-electron chi connectivity index (χ2n) is 6.14. The van der Waals surface area contributed by atoms with Crippen LogP contribution in [0.3, 0.4) is 0 Å². The summed E-state index contributed by atoms with van der Waals surface area (Å²) in [6.07, 6.45) is 1.84. The highest BCUT2D eigenvalue weighted by molar-refractivity contribution is 5.99. The third-order valence-electron chi connectivity index (χ3n) is 4.65. The van der Waals surface area contributed by atoms with Crippen LogP contribution in [0.25, 0.3) is 38.8 Å². The molecule has 2 heterocycles. The Bertz CT molecular complexity index is 1180. The predicted molar refractivity (Wildman–Crippen MR) is 104 cm³/mol. The molecule has 0 unspecified atom stereocenters. The summed E-state index contributed by atoms with van der Waals surface area (Å²) in [6.45, 7) is 0. The van der Waals surface area contributed by atoms with Gasteiger partial charge < -0.3 is 0 Å². The highest BCUT2D eigenvalue weighted by Gasteiger charge is 2.14. The normalized spacial score (nSPS) is 11.2. The van der Waals surface area contributed by atoms with Gasteiger partial charge in [0.1, 0.15) is 5.82 Å².